The summed E-state index contributed by atoms with van der Waals surface area (Å²) >= 11 is 0. The van der Waals surface area contributed by atoms with Gasteiger partial charge in [-0.3, -0.25) is 4.68 Å². The Kier molecular flexibility index (Phi) is 5.56. The zero-order valence-electron chi connectivity index (χ0n) is 12.9. The molecular weight excluding hydrogens is 248 g/mol. The number of benzene rings is 1. The van der Waals surface area contributed by atoms with Crippen molar-refractivity contribution in [2.24, 2.45) is 7.05 Å². The summed E-state index contributed by atoms with van der Waals surface area (Å²) in [6, 6.07) is 8.40. The Labute approximate surface area is 121 Å². The van der Waals surface area contributed by atoms with Gasteiger partial charge in [-0.05, 0) is 38.7 Å². The normalized spacial score (nSPS) is 11.6. The summed E-state index contributed by atoms with van der Waals surface area (Å²) in [6.07, 6.45) is 1.19. The van der Waals surface area contributed by atoms with E-state index in [4.69, 9.17) is 0 Å². The van der Waals surface area contributed by atoms with Crippen molar-refractivity contribution in [2.75, 3.05) is 26.2 Å². The van der Waals surface area contributed by atoms with Crippen LogP contribution in [0.15, 0.2) is 24.3 Å². The molecule has 0 saturated carbocycles. The van der Waals surface area contributed by atoms with Gasteiger partial charge in [0.1, 0.15) is 0 Å². The molecule has 4 nitrogen and oxygen atoms in total. The van der Waals surface area contributed by atoms with Gasteiger partial charge in [0.05, 0.1) is 11.2 Å². The van der Waals surface area contributed by atoms with Crippen molar-refractivity contribution in [3.05, 3.63) is 30.0 Å². The minimum absolute atomic E-state index is 0.847. The van der Waals surface area contributed by atoms with Crippen LogP contribution in [0.3, 0.4) is 0 Å². The van der Waals surface area contributed by atoms with Crippen molar-refractivity contribution in [1.82, 2.24) is 20.0 Å². The minimum Gasteiger partial charge on any atom is -0.311 e. The molecule has 0 atom stereocenters. The van der Waals surface area contributed by atoms with Gasteiger partial charge in [-0.15, -0.1) is 0 Å². The molecular formula is C16H26N4. The van der Waals surface area contributed by atoms with Crippen molar-refractivity contribution in [3.63, 3.8) is 0 Å². The van der Waals surface area contributed by atoms with Crippen LogP contribution in [0.4, 0.5) is 0 Å². The van der Waals surface area contributed by atoms with Gasteiger partial charge in [0, 0.05) is 19.0 Å². The average molecular weight is 274 g/mol. The number of aromatic nitrogens is 2. The van der Waals surface area contributed by atoms with Crippen molar-refractivity contribution >= 4 is 10.9 Å². The standard InChI is InChI=1S/C16H26N4/c1-4-20(5-2)12-8-11-17-13-15-14-9-6-7-10-16(14)19(3)18-15/h6-7,9-10,17H,4-5,8,11-13H2,1-3H3. The smallest absolute Gasteiger partial charge is 0.0841 e. The number of aryl methyl sites for hydroxylation is 1. The summed E-state index contributed by atoms with van der Waals surface area (Å²) in [4.78, 5) is 2.46. The van der Waals surface area contributed by atoms with E-state index in [0.717, 1.165) is 31.9 Å². The Bertz CT molecular complexity index is 528. The van der Waals surface area contributed by atoms with Gasteiger partial charge < -0.3 is 10.2 Å². The fraction of sp³-hybridized carbons (Fsp3) is 0.562. The lowest BCUT2D eigenvalue weighted by atomic mass is 10.2. The molecule has 2 rings (SSSR count). The van der Waals surface area contributed by atoms with E-state index in [1.54, 1.807) is 0 Å². The summed E-state index contributed by atoms with van der Waals surface area (Å²) in [5.74, 6) is 0. The second-order valence-corrected chi connectivity index (χ2v) is 5.14. The summed E-state index contributed by atoms with van der Waals surface area (Å²) in [5.41, 5.74) is 2.35. The second-order valence-electron chi connectivity index (χ2n) is 5.14. The number of hydrogen-bond donors (Lipinski definition) is 1. The first kappa shape index (κ1) is 15.0. The van der Waals surface area contributed by atoms with E-state index in [2.05, 4.69) is 53.4 Å². The molecule has 2 aromatic rings. The third kappa shape index (κ3) is 3.58. The number of fused-ring (bicyclic) bond motifs is 1. The molecule has 0 aliphatic carbocycles. The molecule has 0 bridgehead atoms. The summed E-state index contributed by atoms with van der Waals surface area (Å²) < 4.78 is 1.96. The molecule has 0 unspecified atom stereocenters. The lowest BCUT2D eigenvalue weighted by molar-refractivity contribution is 0.298. The van der Waals surface area contributed by atoms with Crippen molar-refractivity contribution in [1.29, 1.82) is 0 Å². The number of hydrogen-bond acceptors (Lipinski definition) is 3. The molecule has 1 heterocycles. The molecule has 1 N–H and O–H groups in total. The minimum atomic E-state index is 0.847. The Morgan fingerprint density at radius 2 is 1.95 bits per heavy atom. The SMILES string of the molecule is CCN(CC)CCCNCc1nn(C)c2ccccc12. The molecule has 0 radical (unpaired) electrons. The van der Waals surface area contributed by atoms with Gasteiger partial charge >= 0.3 is 0 Å². The number of rotatable bonds is 8. The van der Waals surface area contributed by atoms with Crippen LogP contribution in [0.2, 0.25) is 0 Å². The fourth-order valence-corrected chi connectivity index (χ4v) is 2.59. The van der Waals surface area contributed by atoms with E-state index < -0.39 is 0 Å². The highest BCUT2D eigenvalue weighted by Crippen LogP contribution is 2.16. The number of nitrogens with one attached hydrogen (secondary N) is 1. The van der Waals surface area contributed by atoms with Gasteiger partial charge in [0.25, 0.3) is 0 Å². The van der Waals surface area contributed by atoms with Crippen LogP contribution < -0.4 is 5.32 Å². The molecule has 0 aliphatic heterocycles. The fourth-order valence-electron chi connectivity index (χ4n) is 2.59. The number of para-hydroxylation sites is 1. The summed E-state index contributed by atoms with van der Waals surface area (Å²) in [6.45, 7) is 9.78. The highest BCUT2D eigenvalue weighted by atomic mass is 15.3. The Hall–Kier alpha value is -1.39. The molecule has 4 heteroatoms. The van der Waals surface area contributed by atoms with E-state index in [-0.39, 0.29) is 0 Å². The van der Waals surface area contributed by atoms with Crippen LogP contribution in [0.1, 0.15) is 26.0 Å². The molecule has 0 amide bonds. The van der Waals surface area contributed by atoms with Crippen LogP contribution in [0.25, 0.3) is 10.9 Å². The van der Waals surface area contributed by atoms with Crippen LogP contribution in [0.5, 0.6) is 0 Å². The third-order valence-corrected chi connectivity index (χ3v) is 3.85. The molecule has 20 heavy (non-hydrogen) atoms. The Morgan fingerprint density at radius 1 is 1.20 bits per heavy atom. The van der Waals surface area contributed by atoms with Crippen molar-refractivity contribution in [3.8, 4) is 0 Å². The van der Waals surface area contributed by atoms with E-state index in [0.29, 0.717) is 0 Å². The molecule has 1 aromatic carbocycles. The van der Waals surface area contributed by atoms with Crippen molar-refractivity contribution in [2.45, 2.75) is 26.8 Å². The van der Waals surface area contributed by atoms with Crippen molar-refractivity contribution < 1.29 is 0 Å². The molecule has 1 aromatic heterocycles. The van der Waals surface area contributed by atoms with Crippen LogP contribution in [-0.2, 0) is 13.6 Å². The maximum absolute atomic E-state index is 4.60. The van der Waals surface area contributed by atoms with Crippen LogP contribution >= 0.6 is 0 Å². The van der Waals surface area contributed by atoms with Gasteiger partial charge in [0.2, 0.25) is 0 Å². The lowest BCUT2D eigenvalue weighted by Crippen LogP contribution is -2.27. The number of nitrogens with zero attached hydrogens (tertiary/aromatic N) is 3. The van der Waals surface area contributed by atoms with E-state index in [1.807, 2.05) is 11.7 Å². The highest BCUT2D eigenvalue weighted by molar-refractivity contribution is 5.81. The Balaban J connectivity index is 1.82. The first-order valence-corrected chi connectivity index (χ1v) is 7.60. The second kappa shape index (κ2) is 7.41. The molecule has 110 valence electrons. The van der Waals surface area contributed by atoms with Gasteiger partial charge in [0.15, 0.2) is 0 Å². The lowest BCUT2D eigenvalue weighted by Gasteiger charge is -2.17. The van der Waals surface area contributed by atoms with E-state index in [1.165, 1.54) is 23.9 Å². The first-order chi connectivity index (χ1) is 9.76. The molecule has 0 fully saturated rings. The zero-order chi connectivity index (χ0) is 14.4. The average Bonchev–Trinajstić information content (AvgIpc) is 2.80. The van der Waals surface area contributed by atoms with Gasteiger partial charge in [-0.2, -0.15) is 5.10 Å². The van der Waals surface area contributed by atoms with Gasteiger partial charge in [-0.1, -0.05) is 32.0 Å². The molecule has 0 aliphatic rings. The topological polar surface area (TPSA) is 33.1 Å². The zero-order valence-corrected chi connectivity index (χ0v) is 12.9. The maximum Gasteiger partial charge on any atom is 0.0841 e. The quantitative estimate of drug-likeness (QED) is 0.750. The Morgan fingerprint density at radius 3 is 2.70 bits per heavy atom. The first-order valence-electron chi connectivity index (χ1n) is 7.60. The monoisotopic (exact) mass is 274 g/mol. The summed E-state index contributed by atoms with van der Waals surface area (Å²) in [5, 5.41) is 9.36. The highest BCUT2D eigenvalue weighted by Gasteiger charge is 2.06. The predicted octanol–water partition coefficient (Wildman–Crippen LogP) is 2.39. The third-order valence-electron chi connectivity index (χ3n) is 3.85. The largest absolute Gasteiger partial charge is 0.311 e. The van der Waals surface area contributed by atoms with Crippen LogP contribution in [-0.4, -0.2) is 40.9 Å². The van der Waals surface area contributed by atoms with Crippen LogP contribution in [0, 0.1) is 0 Å². The summed E-state index contributed by atoms with van der Waals surface area (Å²) in [7, 11) is 2.01. The predicted molar refractivity (Wildman–Crippen MR) is 84.8 cm³/mol. The van der Waals surface area contributed by atoms with E-state index in [9.17, 15) is 0 Å². The van der Waals surface area contributed by atoms with Gasteiger partial charge in [-0.25, -0.2) is 0 Å². The van der Waals surface area contributed by atoms with E-state index >= 15 is 0 Å². The molecule has 0 saturated heterocycles. The molecule has 0 spiro atoms. The maximum atomic E-state index is 4.60.